The van der Waals surface area contributed by atoms with E-state index in [1.165, 1.54) is 18.3 Å². The van der Waals surface area contributed by atoms with Crippen LogP contribution in [0.25, 0.3) is 0 Å². The standard InChI is InChI=1S/C13H16O4S/c1-4-17-13(16)11(9(3)14)8(2)12(15)10-5-6-18-7-10/h5-8,11H,4H2,1-3H3. The highest BCUT2D eigenvalue weighted by molar-refractivity contribution is 7.08. The maximum absolute atomic E-state index is 12.1. The minimum Gasteiger partial charge on any atom is -0.465 e. The fourth-order valence-corrected chi connectivity index (χ4v) is 2.42. The summed E-state index contributed by atoms with van der Waals surface area (Å²) in [5.74, 6) is -2.89. The predicted octanol–water partition coefficient (Wildman–Crippen LogP) is 2.34. The van der Waals surface area contributed by atoms with Gasteiger partial charge in [0.05, 0.1) is 6.61 Å². The van der Waals surface area contributed by atoms with Crippen molar-refractivity contribution in [3.63, 3.8) is 0 Å². The van der Waals surface area contributed by atoms with E-state index in [4.69, 9.17) is 4.74 Å². The van der Waals surface area contributed by atoms with Crippen LogP contribution in [-0.4, -0.2) is 24.1 Å². The largest absolute Gasteiger partial charge is 0.465 e. The smallest absolute Gasteiger partial charge is 0.317 e. The molecule has 0 N–H and O–H groups in total. The molecule has 1 aromatic rings. The average Bonchev–Trinajstić information content (AvgIpc) is 2.81. The third-order valence-electron chi connectivity index (χ3n) is 2.70. The Morgan fingerprint density at radius 2 is 2.06 bits per heavy atom. The zero-order chi connectivity index (χ0) is 13.7. The van der Waals surface area contributed by atoms with E-state index < -0.39 is 17.8 Å². The van der Waals surface area contributed by atoms with Crippen molar-refractivity contribution in [2.45, 2.75) is 20.8 Å². The Hall–Kier alpha value is -1.49. The maximum atomic E-state index is 12.1. The first kappa shape index (κ1) is 14.6. The lowest BCUT2D eigenvalue weighted by Crippen LogP contribution is -2.34. The van der Waals surface area contributed by atoms with Gasteiger partial charge < -0.3 is 4.74 Å². The van der Waals surface area contributed by atoms with Crippen molar-refractivity contribution < 1.29 is 19.1 Å². The molecule has 18 heavy (non-hydrogen) atoms. The van der Waals surface area contributed by atoms with Gasteiger partial charge in [-0.15, -0.1) is 0 Å². The number of thiophene rings is 1. The van der Waals surface area contributed by atoms with Crippen LogP contribution in [0.4, 0.5) is 0 Å². The van der Waals surface area contributed by atoms with E-state index in [2.05, 4.69) is 0 Å². The molecular formula is C13H16O4S. The second-order valence-electron chi connectivity index (χ2n) is 4.01. The van der Waals surface area contributed by atoms with Crippen LogP contribution in [0.3, 0.4) is 0 Å². The van der Waals surface area contributed by atoms with Gasteiger partial charge in [-0.3, -0.25) is 14.4 Å². The molecule has 2 unspecified atom stereocenters. The van der Waals surface area contributed by atoms with Crippen LogP contribution in [0.2, 0.25) is 0 Å². The summed E-state index contributed by atoms with van der Waals surface area (Å²) in [5, 5.41) is 3.49. The van der Waals surface area contributed by atoms with Gasteiger partial charge in [0, 0.05) is 16.9 Å². The Balaban J connectivity index is 2.90. The van der Waals surface area contributed by atoms with Gasteiger partial charge in [0.25, 0.3) is 0 Å². The van der Waals surface area contributed by atoms with Crippen molar-refractivity contribution in [3.8, 4) is 0 Å². The summed E-state index contributed by atoms with van der Waals surface area (Å²) in [6, 6.07) is 1.69. The van der Waals surface area contributed by atoms with E-state index >= 15 is 0 Å². The van der Waals surface area contributed by atoms with Crippen molar-refractivity contribution in [1.29, 1.82) is 0 Å². The monoisotopic (exact) mass is 268 g/mol. The van der Waals surface area contributed by atoms with Crippen molar-refractivity contribution in [3.05, 3.63) is 22.4 Å². The molecule has 1 aromatic heterocycles. The third-order valence-corrected chi connectivity index (χ3v) is 3.38. The summed E-state index contributed by atoms with van der Waals surface area (Å²) < 4.78 is 4.84. The normalized spacial score (nSPS) is 13.7. The molecule has 0 aromatic carbocycles. The molecule has 0 bridgehead atoms. The Kier molecular flexibility index (Phi) is 5.22. The molecule has 2 atom stereocenters. The highest BCUT2D eigenvalue weighted by Crippen LogP contribution is 2.21. The van der Waals surface area contributed by atoms with Crippen LogP contribution in [0.1, 0.15) is 31.1 Å². The molecule has 0 fully saturated rings. The minimum absolute atomic E-state index is 0.196. The van der Waals surface area contributed by atoms with E-state index in [0.29, 0.717) is 5.56 Å². The van der Waals surface area contributed by atoms with Crippen LogP contribution >= 0.6 is 11.3 Å². The maximum Gasteiger partial charge on any atom is 0.317 e. The Morgan fingerprint density at radius 3 is 2.50 bits per heavy atom. The first-order valence-electron chi connectivity index (χ1n) is 5.72. The Morgan fingerprint density at radius 1 is 1.39 bits per heavy atom. The van der Waals surface area contributed by atoms with E-state index in [-0.39, 0.29) is 18.2 Å². The Bertz CT molecular complexity index is 436. The van der Waals surface area contributed by atoms with Crippen molar-refractivity contribution in [1.82, 2.24) is 0 Å². The summed E-state index contributed by atoms with van der Waals surface area (Å²) >= 11 is 1.40. The van der Waals surface area contributed by atoms with E-state index in [1.54, 1.807) is 30.7 Å². The quantitative estimate of drug-likeness (QED) is 0.451. The molecule has 0 aliphatic heterocycles. The van der Waals surface area contributed by atoms with E-state index in [0.717, 1.165) is 0 Å². The zero-order valence-electron chi connectivity index (χ0n) is 10.6. The minimum atomic E-state index is -1.02. The number of ketones is 2. The summed E-state index contributed by atoms with van der Waals surface area (Å²) in [4.78, 5) is 35.3. The third kappa shape index (κ3) is 3.26. The molecule has 4 nitrogen and oxygen atoms in total. The lowest BCUT2D eigenvalue weighted by molar-refractivity contribution is -0.152. The second kappa shape index (κ2) is 6.44. The van der Waals surface area contributed by atoms with E-state index in [9.17, 15) is 14.4 Å². The molecule has 0 saturated carbocycles. The molecule has 0 saturated heterocycles. The molecule has 0 spiro atoms. The van der Waals surface area contributed by atoms with Crippen molar-refractivity contribution in [2.75, 3.05) is 6.61 Å². The molecule has 0 amide bonds. The van der Waals surface area contributed by atoms with Crippen LogP contribution in [0.15, 0.2) is 16.8 Å². The summed E-state index contributed by atoms with van der Waals surface area (Å²) in [6.07, 6.45) is 0. The summed E-state index contributed by atoms with van der Waals surface area (Å²) in [5.41, 5.74) is 0.531. The van der Waals surface area contributed by atoms with Crippen molar-refractivity contribution >= 4 is 28.9 Å². The SMILES string of the molecule is CCOC(=O)C(C(C)=O)C(C)C(=O)c1ccsc1. The van der Waals surface area contributed by atoms with Crippen molar-refractivity contribution in [2.24, 2.45) is 11.8 Å². The highest BCUT2D eigenvalue weighted by Gasteiger charge is 2.35. The molecule has 0 radical (unpaired) electrons. The van der Waals surface area contributed by atoms with Gasteiger partial charge in [-0.05, 0) is 25.3 Å². The van der Waals surface area contributed by atoms with Crippen LogP contribution in [0.5, 0.6) is 0 Å². The van der Waals surface area contributed by atoms with Crippen LogP contribution in [0, 0.1) is 11.8 Å². The highest BCUT2D eigenvalue weighted by atomic mass is 32.1. The average molecular weight is 268 g/mol. The van der Waals surface area contributed by atoms with E-state index in [1.807, 2.05) is 0 Å². The number of carbonyl (C=O) groups is 3. The van der Waals surface area contributed by atoms with Gasteiger partial charge in [-0.25, -0.2) is 0 Å². The number of Topliss-reactive ketones (excluding diaryl/α,β-unsaturated/α-hetero) is 2. The lowest BCUT2D eigenvalue weighted by atomic mass is 9.85. The Labute approximate surface area is 110 Å². The molecular weight excluding hydrogens is 252 g/mol. The first-order chi connectivity index (χ1) is 8.49. The molecule has 0 aliphatic carbocycles. The van der Waals surface area contributed by atoms with Gasteiger partial charge in [0.1, 0.15) is 11.7 Å². The molecule has 1 rings (SSSR count). The van der Waals surface area contributed by atoms with Gasteiger partial charge in [0.15, 0.2) is 5.78 Å². The van der Waals surface area contributed by atoms with Gasteiger partial charge in [0.2, 0.25) is 0 Å². The van der Waals surface area contributed by atoms with Gasteiger partial charge in [-0.1, -0.05) is 6.92 Å². The number of hydrogen-bond donors (Lipinski definition) is 0. The van der Waals surface area contributed by atoms with Crippen LogP contribution in [-0.2, 0) is 14.3 Å². The van der Waals surface area contributed by atoms with Gasteiger partial charge >= 0.3 is 5.97 Å². The predicted molar refractivity (Wildman–Crippen MR) is 68.6 cm³/mol. The number of esters is 1. The molecule has 98 valence electrons. The number of ether oxygens (including phenoxy) is 1. The topological polar surface area (TPSA) is 60.4 Å². The summed E-state index contributed by atoms with van der Waals surface area (Å²) in [7, 11) is 0. The number of rotatable bonds is 6. The molecule has 1 heterocycles. The fraction of sp³-hybridized carbons (Fsp3) is 0.462. The lowest BCUT2D eigenvalue weighted by Gasteiger charge is -2.18. The van der Waals surface area contributed by atoms with Gasteiger partial charge in [-0.2, -0.15) is 11.3 Å². The number of carbonyl (C=O) groups excluding carboxylic acids is 3. The first-order valence-corrected chi connectivity index (χ1v) is 6.66. The fourth-order valence-electron chi connectivity index (χ4n) is 1.77. The number of hydrogen-bond acceptors (Lipinski definition) is 5. The second-order valence-corrected chi connectivity index (χ2v) is 4.79. The summed E-state index contributed by atoms with van der Waals surface area (Å²) in [6.45, 7) is 4.75. The zero-order valence-corrected chi connectivity index (χ0v) is 11.5. The molecule has 5 heteroatoms. The molecule has 0 aliphatic rings. The van der Waals surface area contributed by atoms with Crippen LogP contribution < -0.4 is 0 Å².